The lowest BCUT2D eigenvalue weighted by Crippen LogP contribution is -2.20. The van der Waals surface area contributed by atoms with Crippen LogP contribution in [0, 0.1) is 0 Å². The van der Waals surface area contributed by atoms with Crippen LogP contribution in [0.15, 0.2) is 36.9 Å². The van der Waals surface area contributed by atoms with Gasteiger partial charge in [0.25, 0.3) is 0 Å². The van der Waals surface area contributed by atoms with Crippen LogP contribution in [0.1, 0.15) is 12.0 Å². The molecule has 0 saturated heterocycles. The van der Waals surface area contributed by atoms with Gasteiger partial charge in [0.1, 0.15) is 0 Å². The third kappa shape index (κ3) is 1.59. The van der Waals surface area contributed by atoms with E-state index in [0.717, 1.165) is 13.0 Å². The first-order chi connectivity index (χ1) is 6.42. The SMILES string of the molecule is C=CCCN1CCc2ccccc21. The lowest BCUT2D eigenvalue weighted by molar-refractivity contribution is 0.827. The lowest BCUT2D eigenvalue weighted by atomic mass is 10.2. The van der Waals surface area contributed by atoms with Crippen molar-refractivity contribution in [2.45, 2.75) is 12.8 Å². The van der Waals surface area contributed by atoms with Crippen LogP contribution >= 0.6 is 0 Å². The molecule has 0 bridgehead atoms. The predicted molar refractivity (Wildman–Crippen MR) is 57.2 cm³/mol. The Morgan fingerprint density at radius 2 is 2.23 bits per heavy atom. The van der Waals surface area contributed by atoms with E-state index in [1.807, 2.05) is 6.08 Å². The van der Waals surface area contributed by atoms with Gasteiger partial charge in [-0.25, -0.2) is 0 Å². The molecule has 0 aliphatic carbocycles. The normalized spacial score (nSPS) is 14.3. The van der Waals surface area contributed by atoms with Crippen LogP contribution in [-0.4, -0.2) is 13.1 Å². The average Bonchev–Trinajstić information content (AvgIpc) is 2.58. The van der Waals surface area contributed by atoms with E-state index < -0.39 is 0 Å². The van der Waals surface area contributed by atoms with Gasteiger partial charge in [0, 0.05) is 18.8 Å². The van der Waals surface area contributed by atoms with Crippen molar-refractivity contribution in [1.29, 1.82) is 0 Å². The molecule has 1 nitrogen and oxygen atoms in total. The van der Waals surface area contributed by atoms with E-state index in [-0.39, 0.29) is 0 Å². The molecule has 1 heteroatoms. The van der Waals surface area contributed by atoms with E-state index in [9.17, 15) is 0 Å². The number of fused-ring (bicyclic) bond motifs is 1. The van der Waals surface area contributed by atoms with E-state index in [4.69, 9.17) is 0 Å². The fourth-order valence-electron chi connectivity index (χ4n) is 1.89. The monoisotopic (exact) mass is 173 g/mol. The van der Waals surface area contributed by atoms with E-state index in [1.54, 1.807) is 0 Å². The Kier molecular flexibility index (Phi) is 2.35. The van der Waals surface area contributed by atoms with Crippen LogP contribution in [-0.2, 0) is 6.42 Å². The largest absolute Gasteiger partial charge is 0.371 e. The highest BCUT2D eigenvalue weighted by Gasteiger charge is 2.16. The van der Waals surface area contributed by atoms with E-state index >= 15 is 0 Å². The maximum Gasteiger partial charge on any atom is 0.0399 e. The van der Waals surface area contributed by atoms with Crippen molar-refractivity contribution in [2.75, 3.05) is 18.0 Å². The zero-order chi connectivity index (χ0) is 9.10. The average molecular weight is 173 g/mol. The Bertz CT molecular complexity index is 304. The molecule has 1 aliphatic heterocycles. The van der Waals surface area contributed by atoms with Crippen molar-refractivity contribution >= 4 is 5.69 Å². The maximum absolute atomic E-state index is 3.75. The molecule has 68 valence electrons. The summed E-state index contributed by atoms with van der Waals surface area (Å²) in [4.78, 5) is 2.44. The molecule has 0 saturated carbocycles. The van der Waals surface area contributed by atoms with Gasteiger partial charge in [-0.1, -0.05) is 24.3 Å². The summed E-state index contributed by atoms with van der Waals surface area (Å²) in [6.07, 6.45) is 4.27. The highest BCUT2D eigenvalue weighted by atomic mass is 15.1. The van der Waals surface area contributed by atoms with Crippen LogP contribution in [0.25, 0.3) is 0 Å². The fraction of sp³-hybridized carbons (Fsp3) is 0.333. The molecule has 1 aromatic rings. The minimum Gasteiger partial charge on any atom is -0.371 e. The summed E-state index contributed by atoms with van der Waals surface area (Å²) in [6.45, 7) is 6.04. The van der Waals surface area contributed by atoms with Crippen molar-refractivity contribution in [1.82, 2.24) is 0 Å². The summed E-state index contributed by atoms with van der Waals surface area (Å²) in [5.74, 6) is 0. The van der Waals surface area contributed by atoms with Crippen LogP contribution < -0.4 is 4.90 Å². The molecule has 0 aromatic heterocycles. The highest BCUT2D eigenvalue weighted by molar-refractivity contribution is 5.57. The van der Waals surface area contributed by atoms with Crippen molar-refractivity contribution in [3.8, 4) is 0 Å². The van der Waals surface area contributed by atoms with Crippen LogP contribution in [0.3, 0.4) is 0 Å². The molecular formula is C12H15N. The van der Waals surface area contributed by atoms with Gasteiger partial charge in [-0.15, -0.1) is 6.58 Å². The van der Waals surface area contributed by atoms with Gasteiger partial charge in [0.2, 0.25) is 0 Å². The maximum atomic E-state index is 3.75. The summed E-state index contributed by atoms with van der Waals surface area (Å²) >= 11 is 0. The standard InChI is InChI=1S/C12H15N/c1-2-3-9-13-10-8-11-6-4-5-7-12(11)13/h2,4-7H,1,3,8-10H2. The summed E-state index contributed by atoms with van der Waals surface area (Å²) in [7, 11) is 0. The number of benzene rings is 1. The molecule has 2 rings (SSSR count). The molecule has 0 atom stereocenters. The predicted octanol–water partition coefficient (Wildman–Crippen LogP) is 2.63. The Morgan fingerprint density at radius 3 is 3.08 bits per heavy atom. The van der Waals surface area contributed by atoms with E-state index in [1.165, 1.54) is 24.2 Å². The van der Waals surface area contributed by atoms with Crippen LogP contribution in [0.2, 0.25) is 0 Å². The Labute approximate surface area is 79.7 Å². The van der Waals surface area contributed by atoms with Gasteiger partial charge in [0.15, 0.2) is 0 Å². The zero-order valence-electron chi connectivity index (χ0n) is 7.87. The van der Waals surface area contributed by atoms with Crippen LogP contribution in [0.4, 0.5) is 5.69 Å². The lowest BCUT2D eigenvalue weighted by Gasteiger charge is -2.17. The number of rotatable bonds is 3. The molecule has 0 N–H and O–H groups in total. The molecule has 0 amide bonds. The molecule has 0 fully saturated rings. The molecule has 0 radical (unpaired) electrons. The number of hydrogen-bond acceptors (Lipinski definition) is 1. The minimum absolute atomic E-state index is 1.08. The van der Waals surface area contributed by atoms with Gasteiger partial charge in [-0.2, -0.15) is 0 Å². The molecule has 0 unspecified atom stereocenters. The van der Waals surface area contributed by atoms with Crippen molar-refractivity contribution in [3.05, 3.63) is 42.5 Å². The molecule has 1 aliphatic rings. The second-order valence-electron chi connectivity index (χ2n) is 3.44. The molecule has 0 spiro atoms. The highest BCUT2D eigenvalue weighted by Crippen LogP contribution is 2.27. The van der Waals surface area contributed by atoms with Crippen LogP contribution in [0.5, 0.6) is 0 Å². The first-order valence-electron chi connectivity index (χ1n) is 4.85. The number of hydrogen-bond donors (Lipinski definition) is 0. The first kappa shape index (κ1) is 8.36. The summed E-state index contributed by atoms with van der Waals surface area (Å²) < 4.78 is 0. The zero-order valence-corrected chi connectivity index (χ0v) is 7.87. The van der Waals surface area contributed by atoms with E-state index in [2.05, 4.69) is 35.7 Å². The summed E-state index contributed by atoms with van der Waals surface area (Å²) in [6, 6.07) is 8.68. The second kappa shape index (κ2) is 3.65. The van der Waals surface area contributed by atoms with Crippen molar-refractivity contribution in [2.24, 2.45) is 0 Å². The minimum atomic E-state index is 1.08. The van der Waals surface area contributed by atoms with Gasteiger partial charge >= 0.3 is 0 Å². The fourth-order valence-corrected chi connectivity index (χ4v) is 1.89. The third-order valence-electron chi connectivity index (χ3n) is 2.59. The van der Waals surface area contributed by atoms with Gasteiger partial charge in [0.05, 0.1) is 0 Å². The molecular weight excluding hydrogens is 158 g/mol. The number of para-hydroxylation sites is 1. The van der Waals surface area contributed by atoms with Crippen molar-refractivity contribution in [3.63, 3.8) is 0 Å². The molecule has 1 heterocycles. The smallest absolute Gasteiger partial charge is 0.0399 e. The third-order valence-corrected chi connectivity index (χ3v) is 2.59. The molecule has 13 heavy (non-hydrogen) atoms. The Hall–Kier alpha value is -1.24. The quantitative estimate of drug-likeness (QED) is 0.635. The number of anilines is 1. The summed E-state index contributed by atoms with van der Waals surface area (Å²) in [5, 5.41) is 0. The molecule has 1 aromatic carbocycles. The van der Waals surface area contributed by atoms with Gasteiger partial charge in [-0.05, 0) is 24.5 Å². The topological polar surface area (TPSA) is 3.24 Å². The van der Waals surface area contributed by atoms with Crippen molar-refractivity contribution < 1.29 is 0 Å². The summed E-state index contributed by atoms with van der Waals surface area (Å²) in [5.41, 5.74) is 2.91. The van der Waals surface area contributed by atoms with Gasteiger partial charge < -0.3 is 4.90 Å². The number of nitrogens with zero attached hydrogens (tertiary/aromatic N) is 1. The second-order valence-corrected chi connectivity index (χ2v) is 3.44. The van der Waals surface area contributed by atoms with Gasteiger partial charge in [-0.3, -0.25) is 0 Å². The van der Waals surface area contributed by atoms with E-state index in [0.29, 0.717) is 0 Å². The Balaban J connectivity index is 2.13. The Morgan fingerprint density at radius 1 is 1.38 bits per heavy atom. The first-order valence-corrected chi connectivity index (χ1v) is 4.85.